The zero-order valence-corrected chi connectivity index (χ0v) is 18.5. The van der Waals surface area contributed by atoms with Gasteiger partial charge in [-0.3, -0.25) is 14.5 Å². The second kappa shape index (κ2) is 7.69. The monoisotopic (exact) mass is 445 g/mol. The molecule has 1 saturated heterocycles. The Balaban J connectivity index is 1.44. The van der Waals surface area contributed by atoms with Crippen molar-refractivity contribution in [3.05, 3.63) is 88.5 Å². The third-order valence-electron chi connectivity index (χ3n) is 6.75. The van der Waals surface area contributed by atoms with E-state index in [0.29, 0.717) is 23.4 Å². The van der Waals surface area contributed by atoms with Crippen LogP contribution in [0.4, 0.5) is 9.18 Å². The van der Waals surface area contributed by atoms with Gasteiger partial charge in [0, 0.05) is 22.6 Å². The van der Waals surface area contributed by atoms with E-state index in [1.165, 1.54) is 12.1 Å². The minimum atomic E-state index is -1.11. The Morgan fingerprint density at radius 3 is 2.67 bits per heavy atom. The summed E-state index contributed by atoms with van der Waals surface area (Å²) >= 11 is 0. The van der Waals surface area contributed by atoms with Gasteiger partial charge in [-0.05, 0) is 68.5 Å². The maximum Gasteiger partial charge on any atom is 0.325 e. The Hall–Kier alpha value is -3.74. The summed E-state index contributed by atoms with van der Waals surface area (Å²) in [6.45, 7) is 3.26. The van der Waals surface area contributed by atoms with E-state index in [0.717, 1.165) is 34.6 Å². The third-order valence-corrected chi connectivity index (χ3v) is 6.75. The van der Waals surface area contributed by atoms with Crippen molar-refractivity contribution in [2.45, 2.75) is 38.6 Å². The first-order valence-corrected chi connectivity index (χ1v) is 11.0. The van der Waals surface area contributed by atoms with Crippen LogP contribution in [0.5, 0.6) is 0 Å². The highest BCUT2D eigenvalue weighted by Gasteiger charge is 2.54. The average Bonchev–Trinajstić information content (AvgIpc) is 3.22. The van der Waals surface area contributed by atoms with Gasteiger partial charge in [0.1, 0.15) is 11.4 Å². The Morgan fingerprint density at radius 1 is 1.09 bits per heavy atom. The molecule has 0 radical (unpaired) electrons. The number of halogens is 1. The molecule has 1 fully saturated rings. The molecule has 7 heteroatoms. The standard InChI is InChI=1S/C26H24FN3O3/c1-16-13-21(17(2)30(16)20-10-5-9-19(27)14-20)23(31)15-29-24(32)26(28-25(29)33)12-6-8-18-7-3-4-11-22(18)26/h3-5,7,9-11,13-14H,6,8,12,15H2,1-2H3,(H,28,33). The van der Waals surface area contributed by atoms with Crippen molar-refractivity contribution in [1.29, 1.82) is 0 Å². The normalized spacial score (nSPS) is 19.7. The number of benzene rings is 2. The number of nitrogens with zero attached hydrogens (tertiary/aromatic N) is 2. The molecular weight excluding hydrogens is 421 g/mol. The molecule has 1 N–H and O–H groups in total. The predicted octanol–water partition coefficient (Wildman–Crippen LogP) is 4.20. The molecular formula is C26H24FN3O3. The lowest BCUT2D eigenvalue weighted by Gasteiger charge is -2.33. The number of urea groups is 1. The molecule has 1 aliphatic heterocycles. The van der Waals surface area contributed by atoms with Crippen molar-refractivity contribution in [1.82, 2.24) is 14.8 Å². The molecule has 3 aromatic rings. The largest absolute Gasteiger partial charge is 0.325 e. The maximum atomic E-state index is 13.7. The number of rotatable bonds is 4. The van der Waals surface area contributed by atoms with Crippen molar-refractivity contribution in [3.63, 3.8) is 0 Å². The van der Waals surface area contributed by atoms with Crippen LogP contribution in [0.3, 0.4) is 0 Å². The number of Topliss-reactive ketones (excluding diaryl/α,β-unsaturated/α-hetero) is 1. The summed E-state index contributed by atoms with van der Waals surface area (Å²) in [5, 5.41) is 2.88. The molecule has 1 aliphatic carbocycles. The molecule has 2 heterocycles. The van der Waals surface area contributed by atoms with Crippen LogP contribution in [0.25, 0.3) is 5.69 Å². The minimum Gasteiger partial charge on any atom is -0.319 e. The van der Waals surface area contributed by atoms with Gasteiger partial charge in [-0.25, -0.2) is 9.18 Å². The quantitative estimate of drug-likeness (QED) is 0.483. The van der Waals surface area contributed by atoms with E-state index in [4.69, 9.17) is 0 Å². The summed E-state index contributed by atoms with van der Waals surface area (Å²) in [6.07, 6.45) is 2.14. The van der Waals surface area contributed by atoms with E-state index < -0.39 is 11.6 Å². The molecule has 1 aromatic heterocycles. The van der Waals surface area contributed by atoms with Crippen LogP contribution >= 0.6 is 0 Å². The summed E-state index contributed by atoms with van der Waals surface area (Å²) in [5.74, 6) is -1.09. The molecule has 6 nitrogen and oxygen atoms in total. The number of imide groups is 1. The number of aryl methyl sites for hydroxylation is 2. The minimum absolute atomic E-state index is 0.338. The van der Waals surface area contributed by atoms with Gasteiger partial charge < -0.3 is 9.88 Å². The van der Waals surface area contributed by atoms with Gasteiger partial charge >= 0.3 is 6.03 Å². The van der Waals surface area contributed by atoms with Crippen molar-refractivity contribution >= 4 is 17.7 Å². The van der Waals surface area contributed by atoms with Crippen LogP contribution in [0.1, 0.15) is 45.7 Å². The van der Waals surface area contributed by atoms with E-state index >= 15 is 0 Å². The van der Waals surface area contributed by atoms with Crippen LogP contribution in [0, 0.1) is 19.7 Å². The lowest BCUT2D eigenvalue weighted by Crippen LogP contribution is -2.46. The molecule has 33 heavy (non-hydrogen) atoms. The fourth-order valence-electron chi connectivity index (χ4n) is 5.24. The number of nitrogens with one attached hydrogen (secondary N) is 1. The highest BCUT2D eigenvalue weighted by Crippen LogP contribution is 2.40. The average molecular weight is 445 g/mol. The van der Waals surface area contributed by atoms with Crippen molar-refractivity contribution in [2.24, 2.45) is 0 Å². The van der Waals surface area contributed by atoms with Gasteiger partial charge in [-0.2, -0.15) is 0 Å². The van der Waals surface area contributed by atoms with Crippen molar-refractivity contribution < 1.29 is 18.8 Å². The molecule has 0 saturated carbocycles. The second-order valence-corrected chi connectivity index (χ2v) is 8.76. The third kappa shape index (κ3) is 3.26. The Bertz CT molecular complexity index is 1310. The number of carbonyl (C=O) groups is 3. The molecule has 1 unspecified atom stereocenters. The van der Waals surface area contributed by atoms with Gasteiger partial charge in [0.05, 0.1) is 6.54 Å². The first-order valence-electron chi connectivity index (χ1n) is 11.0. The summed E-state index contributed by atoms with van der Waals surface area (Å²) in [4.78, 5) is 40.6. The zero-order chi connectivity index (χ0) is 23.3. The van der Waals surface area contributed by atoms with Gasteiger partial charge in [-0.1, -0.05) is 30.3 Å². The van der Waals surface area contributed by atoms with Crippen LogP contribution < -0.4 is 5.32 Å². The number of hydrogen-bond acceptors (Lipinski definition) is 3. The smallest absolute Gasteiger partial charge is 0.319 e. The number of hydrogen-bond donors (Lipinski definition) is 1. The number of amides is 3. The summed E-state index contributed by atoms with van der Waals surface area (Å²) in [5.41, 5.74) is 3.16. The predicted molar refractivity (Wildman–Crippen MR) is 121 cm³/mol. The number of fused-ring (bicyclic) bond motifs is 2. The molecule has 168 valence electrons. The topological polar surface area (TPSA) is 71.4 Å². The number of ketones is 1. The first kappa shape index (κ1) is 21.1. The van der Waals surface area contributed by atoms with E-state index in [1.54, 1.807) is 29.7 Å². The van der Waals surface area contributed by atoms with E-state index in [2.05, 4.69) is 5.32 Å². The van der Waals surface area contributed by atoms with Crippen LogP contribution in [-0.2, 0) is 16.8 Å². The Kier molecular flexibility index (Phi) is 4.92. The number of carbonyl (C=O) groups excluding carboxylic acids is 3. The molecule has 5 rings (SSSR count). The first-order chi connectivity index (χ1) is 15.8. The van der Waals surface area contributed by atoms with Crippen LogP contribution in [-0.4, -0.2) is 33.7 Å². The van der Waals surface area contributed by atoms with Gasteiger partial charge in [-0.15, -0.1) is 0 Å². The molecule has 1 atom stereocenters. The van der Waals surface area contributed by atoms with Crippen LogP contribution in [0.15, 0.2) is 54.6 Å². The molecule has 2 aromatic carbocycles. The second-order valence-electron chi connectivity index (χ2n) is 8.76. The van der Waals surface area contributed by atoms with E-state index in [1.807, 2.05) is 31.2 Å². The fourth-order valence-corrected chi connectivity index (χ4v) is 5.24. The van der Waals surface area contributed by atoms with Crippen molar-refractivity contribution in [2.75, 3.05) is 6.54 Å². The Labute approximate surface area is 191 Å². The van der Waals surface area contributed by atoms with E-state index in [9.17, 15) is 18.8 Å². The van der Waals surface area contributed by atoms with Gasteiger partial charge in [0.15, 0.2) is 5.78 Å². The summed E-state index contributed by atoms with van der Waals surface area (Å²) in [7, 11) is 0. The summed E-state index contributed by atoms with van der Waals surface area (Å²) < 4.78 is 15.5. The molecule has 0 bridgehead atoms. The zero-order valence-electron chi connectivity index (χ0n) is 18.5. The maximum absolute atomic E-state index is 13.7. The Morgan fingerprint density at radius 2 is 1.88 bits per heavy atom. The molecule has 1 spiro atoms. The van der Waals surface area contributed by atoms with Gasteiger partial charge in [0.25, 0.3) is 5.91 Å². The molecule has 2 aliphatic rings. The molecule has 3 amide bonds. The van der Waals surface area contributed by atoms with Gasteiger partial charge in [0.2, 0.25) is 0 Å². The van der Waals surface area contributed by atoms with Crippen molar-refractivity contribution in [3.8, 4) is 5.69 Å². The lowest BCUT2D eigenvalue weighted by atomic mass is 9.76. The summed E-state index contributed by atoms with van der Waals surface area (Å²) in [6, 6.07) is 14.9. The SMILES string of the molecule is Cc1cc(C(=O)CN2C(=O)NC3(CCCc4ccccc43)C2=O)c(C)n1-c1cccc(F)c1. The highest BCUT2D eigenvalue weighted by atomic mass is 19.1. The highest BCUT2D eigenvalue weighted by molar-refractivity contribution is 6.12. The lowest BCUT2D eigenvalue weighted by molar-refractivity contribution is -0.131. The fraction of sp³-hybridized carbons (Fsp3) is 0.269. The number of aromatic nitrogens is 1. The van der Waals surface area contributed by atoms with E-state index in [-0.39, 0.29) is 24.1 Å². The van der Waals surface area contributed by atoms with Crippen LogP contribution in [0.2, 0.25) is 0 Å².